The van der Waals surface area contributed by atoms with Gasteiger partial charge in [0.25, 0.3) is 5.91 Å². The van der Waals surface area contributed by atoms with E-state index in [4.69, 9.17) is 5.73 Å². The summed E-state index contributed by atoms with van der Waals surface area (Å²) in [5.74, 6) is 0.564. The van der Waals surface area contributed by atoms with Crippen LogP contribution in [-0.2, 0) is 5.75 Å². The number of aromatic amines is 1. The second kappa shape index (κ2) is 9.99. The molecule has 1 amide bonds. The van der Waals surface area contributed by atoms with E-state index in [1.54, 1.807) is 11.8 Å². The standard InChI is InChI=1S/C19H22N4OS.2ClH/c1-19(2,20)12-21-17(24)14-8-4-3-7-13(14)11-25-18-22-15-9-5-6-10-16(15)23-18;;/h3-10H,11-12,20H2,1-2H3,(H,21,24)(H,22,23);2*1H. The molecule has 0 fully saturated rings. The van der Waals surface area contributed by atoms with Crippen LogP contribution in [0.3, 0.4) is 0 Å². The Bertz CT molecular complexity index is 860. The highest BCUT2D eigenvalue weighted by molar-refractivity contribution is 7.98. The van der Waals surface area contributed by atoms with Crippen molar-refractivity contribution in [3.63, 3.8) is 0 Å². The van der Waals surface area contributed by atoms with E-state index in [-0.39, 0.29) is 30.7 Å². The van der Waals surface area contributed by atoms with Crippen molar-refractivity contribution < 1.29 is 4.79 Å². The van der Waals surface area contributed by atoms with E-state index in [0.717, 1.165) is 21.8 Å². The molecular formula is C19H24Cl2N4OS. The SMILES string of the molecule is CC(C)(N)CNC(=O)c1ccccc1CSc1nc2ccccc2[nH]1.Cl.Cl. The number of carbonyl (C=O) groups excluding carboxylic acids is 1. The third-order valence-corrected chi connectivity index (χ3v) is 4.62. The summed E-state index contributed by atoms with van der Waals surface area (Å²) in [7, 11) is 0. The normalized spacial score (nSPS) is 10.8. The van der Waals surface area contributed by atoms with Crippen LogP contribution in [0.1, 0.15) is 29.8 Å². The van der Waals surface area contributed by atoms with Gasteiger partial charge in [-0.05, 0) is 37.6 Å². The third-order valence-electron chi connectivity index (χ3n) is 3.70. The second-order valence-electron chi connectivity index (χ2n) is 6.68. The Morgan fingerprint density at radius 1 is 1.15 bits per heavy atom. The summed E-state index contributed by atoms with van der Waals surface area (Å²) >= 11 is 1.58. The number of rotatable bonds is 6. The van der Waals surface area contributed by atoms with Crippen molar-refractivity contribution in [3.05, 3.63) is 59.7 Å². The molecule has 3 aromatic rings. The molecule has 2 aromatic carbocycles. The van der Waals surface area contributed by atoms with Gasteiger partial charge in [-0.3, -0.25) is 4.79 Å². The van der Waals surface area contributed by atoms with Crippen molar-refractivity contribution in [1.29, 1.82) is 0 Å². The molecule has 0 unspecified atom stereocenters. The van der Waals surface area contributed by atoms with Gasteiger partial charge in [0, 0.05) is 23.4 Å². The van der Waals surface area contributed by atoms with Gasteiger partial charge < -0.3 is 16.0 Å². The van der Waals surface area contributed by atoms with Gasteiger partial charge in [-0.1, -0.05) is 42.1 Å². The Morgan fingerprint density at radius 2 is 1.81 bits per heavy atom. The van der Waals surface area contributed by atoms with Crippen LogP contribution in [0.2, 0.25) is 0 Å². The number of nitrogens with zero attached hydrogens (tertiary/aromatic N) is 1. The highest BCUT2D eigenvalue weighted by Gasteiger charge is 2.16. The minimum atomic E-state index is -0.437. The average Bonchev–Trinajstić information content (AvgIpc) is 3.00. The van der Waals surface area contributed by atoms with E-state index in [1.165, 1.54) is 0 Å². The quantitative estimate of drug-likeness (QED) is 0.516. The number of para-hydroxylation sites is 2. The summed E-state index contributed by atoms with van der Waals surface area (Å²) in [6, 6.07) is 15.6. The number of benzene rings is 2. The predicted molar refractivity (Wildman–Crippen MR) is 117 cm³/mol. The van der Waals surface area contributed by atoms with Crippen LogP contribution in [-0.4, -0.2) is 28.0 Å². The number of fused-ring (bicyclic) bond motifs is 1. The van der Waals surface area contributed by atoms with Gasteiger partial charge in [0.1, 0.15) is 0 Å². The van der Waals surface area contributed by atoms with Crippen LogP contribution in [0.25, 0.3) is 11.0 Å². The van der Waals surface area contributed by atoms with Crippen molar-refractivity contribution in [2.24, 2.45) is 5.73 Å². The molecule has 0 spiro atoms. The lowest BCUT2D eigenvalue weighted by atomic mass is 10.1. The second-order valence-corrected chi connectivity index (χ2v) is 7.64. The molecule has 0 aliphatic rings. The van der Waals surface area contributed by atoms with Gasteiger partial charge in [-0.25, -0.2) is 4.98 Å². The molecule has 1 heterocycles. The van der Waals surface area contributed by atoms with E-state index in [2.05, 4.69) is 15.3 Å². The average molecular weight is 427 g/mol. The zero-order valence-electron chi connectivity index (χ0n) is 15.2. The minimum absolute atomic E-state index is 0. The van der Waals surface area contributed by atoms with Gasteiger partial charge >= 0.3 is 0 Å². The monoisotopic (exact) mass is 426 g/mol. The first-order valence-corrected chi connectivity index (χ1v) is 9.13. The van der Waals surface area contributed by atoms with E-state index >= 15 is 0 Å². The zero-order valence-corrected chi connectivity index (χ0v) is 17.6. The van der Waals surface area contributed by atoms with Gasteiger partial charge in [0.2, 0.25) is 0 Å². The molecular weight excluding hydrogens is 403 g/mol. The van der Waals surface area contributed by atoms with Crippen molar-refractivity contribution in [1.82, 2.24) is 15.3 Å². The number of carbonyl (C=O) groups is 1. The number of imidazole rings is 1. The van der Waals surface area contributed by atoms with Crippen LogP contribution in [0, 0.1) is 0 Å². The van der Waals surface area contributed by atoms with E-state index in [9.17, 15) is 4.79 Å². The first-order valence-electron chi connectivity index (χ1n) is 8.15. The fraction of sp³-hybridized carbons (Fsp3) is 0.263. The molecule has 3 rings (SSSR count). The molecule has 1 aromatic heterocycles. The molecule has 146 valence electrons. The highest BCUT2D eigenvalue weighted by Crippen LogP contribution is 2.24. The number of thioether (sulfide) groups is 1. The van der Waals surface area contributed by atoms with Gasteiger partial charge in [-0.2, -0.15) is 0 Å². The zero-order chi connectivity index (χ0) is 17.9. The molecule has 4 N–H and O–H groups in total. The summed E-state index contributed by atoms with van der Waals surface area (Å²) in [4.78, 5) is 20.3. The summed E-state index contributed by atoms with van der Waals surface area (Å²) in [6.45, 7) is 4.20. The Kier molecular flexibility index (Phi) is 8.62. The molecule has 0 atom stereocenters. The molecule has 0 saturated heterocycles. The number of nitrogens with two attached hydrogens (primary N) is 1. The maximum atomic E-state index is 12.5. The number of amides is 1. The lowest BCUT2D eigenvalue weighted by Gasteiger charge is -2.19. The summed E-state index contributed by atoms with van der Waals surface area (Å²) < 4.78 is 0. The Morgan fingerprint density at radius 3 is 2.52 bits per heavy atom. The van der Waals surface area contributed by atoms with Crippen LogP contribution in [0.5, 0.6) is 0 Å². The molecule has 8 heteroatoms. The minimum Gasteiger partial charge on any atom is -0.350 e. The number of aromatic nitrogens is 2. The third kappa shape index (κ3) is 6.43. The van der Waals surface area contributed by atoms with E-state index in [0.29, 0.717) is 17.9 Å². The molecule has 5 nitrogen and oxygen atoms in total. The molecule has 0 aliphatic heterocycles. The maximum absolute atomic E-state index is 12.5. The van der Waals surface area contributed by atoms with Crippen LogP contribution < -0.4 is 11.1 Å². The molecule has 0 radical (unpaired) electrons. The van der Waals surface area contributed by atoms with E-state index < -0.39 is 5.54 Å². The largest absolute Gasteiger partial charge is 0.350 e. The summed E-state index contributed by atoms with van der Waals surface area (Å²) in [6.07, 6.45) is 0. The van der Waals surface area contributed by atoms with Gasteiger partial charge in [-0.15, -0.1) is 24.8 Å². The fourth-order valence-electron chi connectivity index (χ4n) is 2.41. The maximum Gasteiger partial charge on any atom is 0.251 e. The number of nitrogens with one attached hydrogen (secondary N) is 2. The first-order chi connectivity index (χ1) is 11.9. The van der Waals surface area contributed by atoms with Crippen molar-refractivity contribution in [3.8, 4) is 0 Å². The van der Waals surface area contributed by atoms with Gasteiger partial charge in [0.05, 0.1) is 11.0 Å². The fourth-order valence-corrected chi connectivity index (χ4v) is 3.30. The van der Waals surface area contributed by atoms with Crippen molar-refractivity contribution >= 4 is 53.5 Å². The van der Waals surface area contributed by atoms with Crippen molar-refractivity contribution in [2.75, 3.05) is 6.54 Å². The lowest BCUT2D eigenvalue weighted by Crippen LogP contribution is -2.45. The van der Waals surface area contributed by atoms with Crippen molar-refractivity contribution in [2.45, 2.75) is 30.3 Å². The lowest BCUT2D eigenvalue weighted by molar-refractivity contribution is 0.0945. The number of hydrogen-bond donors (Lipinski definition) is 3. The smallest absolute Gasteiger partial charge is 0.251 e. The molecule has 27 heavy (non-hydrogen) atoms. The first kappa shape index (κ1) is 23.3. The Balaban J connectivity index is 0.00000182. The summed E-state index contributed by atoms with van der Waals surface area (Å²) in [5, 5.41) is 3.75. The molecule has 0 aliphatic carbocycles. The Hall–Kier alpha value is -1.73. The predicted octanol–water partition coefficient (Wildman–Crippen LogP) is 4.17. The summed E-state index contributed by atoms with van der Waals surface area (Å²) in [5.41, 5.74) is 9.11. The highest BCUT2D eigenvalue weighted by atomic mass is 35.5. The van der Waals surface area contributed by atoms with Crippen LogP contribution in [0.15, 0.2) is 53.7 Å². The number of halogens is 2. The van der Waals surface area contributed by atoms with E-state index in [1.807, 2.05) is 62.4 Å². The number of H-pyrrole nitrogens is 1. The van der Waals surface area contributed by atoms with Crippen LogP contribution >= 0.6 is 36.6 Å². The molecule has 0 bridgehead atoms. The number of hydrogen-bond acceptors (Lipinski definition) is 4. The van der Waals surface area contributed by atoms with Gasteiger partial charge in [0.15, 0.2) is 5.16 Å². The Labute approximate surface area is 175 Å². The topological polar surface area (TPSA) is 83.8 Å². The van der Waals surface area contributed by atoms with Crippen LogP contribution in [0.4, 0.5) is 0 Å². The molecule has 0 saturated carbocycles.